The molecular formula is C22H23N3O6. The molecule has 3 N–H and O–H groups in total. The maximum atomic E-state index is 12.0. The number of benzene rings is 2. The fraction of sp³-hybridized carbons (Fsp3) is 0.273. The van der Waals surface area contributed by atoms with Gasteiger partial charge in [0, 0.05) is 5.92 Å². The zero-order valence-electron chi connectivity index (χ0n) is 16.8. The summed E-state index contributed by atoms with van der Waals surface area (Å²) >= 11 is 0. The van der Waals surface area contributed by atoms with Crippen molar-refractivity contribution >= 4 is 24.2 Å². The molecule has 0 aromatic heterocycles. The first-order valence-corrected chi connectivity index (χ1v) is 9.73. The van der Waals surface area contributed by atoms with Crippen LogP contribution in [-0.4, -0.2) is 57.2 Å². The van der Waals surface area contributed by atoms with Crippen molar-refractivity contribution < 1.29 is 28.7 Å². The number of nitrogens with one attached hydrogen (secondary N) is 3. The molecule has 2 aromatic rings. The van der Waals surface area contributed by atoms with E-state index in [1.54, 1.807) is 0 Å². The standard InChI is InChI=1S/C22H23N3O6/c26-10-9-23-21(28)13-30-14-25-20(27)11-24-22(29)31-12-19-17-7-3-1-5-15(17)16-6-2-4-8-18(16)19/h1-8,10,19H,9,11-14H2,(H,23,28)(H,24,29)(H,25,27). The van der Waals surface area contributed by atoms with Gasteiger partial charge < -0.3 is 30.2 Å². The lowest BCUT2D eigenvalue weighted by molar-refractivity contribution is -0.129. The minimum atomic E-state index is -0.703. The van der Waals surface area contributed by atoms with Gasteiger partial charge in [0.1, 0.15) is 32.8 Å². The van der Waals surface area contributed by atoms with Crippen LogP contribution in [-0.2, 0) is 23.9 Å². The predicted molar refractivity (Wildman–Crippen MR) is 111 cm³/mol. The molecule has 0 aliphatic heterocycles. The lowest BCUT2D eigenvalue weighted by Gasteiger charge is -2.14. The maximum Gasteiger partial charge on any atom is 0.407 e. The summed E-state index contributed by atoms with van der Waals surface area (Å²) in [6.45, 7) is -0.746. The number of aldehydes is 1. The van der Waals surface area contributed by atoms with E-state index in [-0.39, 0.29) is 39.0 Å². The minimum Gasteiger partial charge on any atom is -0.449 e. The minimum absolute atomic E-state index is 0.0641. The van der Waals surface area contributed by atoms with Crippen LogP contribution in [0.25, 0.3) is 11.1 Å². The summed E-state index contributed by atoms with van der Waals surface area (Å²) in [5.74, 6) is -1.04. The molecule has 0 bridgehead atoms. The zero-order chi connectivity index (χ0) is 22.1. The van der Waals surface area contributed by atoms with Crippen LogP contribution in [0.1, 0.15) is 17.0 Å². The molecule has 3 rings (SSSR count). The third-order valence-corrected chi connectivity index (χ3v) is 4.72. The molecule has 9 heteroatoms. The van der Waals surface area contributed by atoms with Gasteiger partial charge in [-0.05, 0) is 22.3 Å². The molecule has 1 aliphatic rings. The molecule has 0 spiro atoms. The van der Waals surface area contributed by atoms with E-state index in [9.17, 15) is 19.2 Å². The molecule has 162 valence electrons. The average Bonchev–Trinajstić information content (AvgIpc) is 3.11. The van der Waals surface area contributed by atoms with Crippen LogP contribution in [0.2, 0.25) is 0 Å². The SMILES string of the molecule is O=CCNC(=O)COCNC(=O)CNC(=O)OCC1c2ccccc2-c2ccccc21. The van der Waals surface area contributed by atoms with E-state index in [4.69, 9.17) is 9.47 Å². The summed E-state index contributed by atoms with van der Waals surface area (Å²) in [5.41, 5.74) is 4.46. The Morgan fingerprint density at radius 3 is 2.16 bits per heavy atom. The summed E-state index contributed by atoms with van der Waals surface area (Å²) in [5, 5.41) is 7.07. The van der Waals surface area contributed by atoms with Gasteiger partial charge in [0.05, 0.1) is 6.54 Å². The molecule has 0 atom stereocenters. The van der Waals surface area contributed by atoms with Crippen molar-refractivity contribution in [3.63, 3.8) is 0 Å². The molecule has 0 radical (unpaired) electrons. The summed E-state index contributed by atoms with van der Waals surface area (Å²) in [7, 11) is 0. The van der Waals surface area contributed by atoms with Crippen LogP contribution in [0.4, 0.5) is 4.79 Å². The maximum absolute atomic E-state index is 12.0. The molecule has 2 aromatic carbocycles. The number of fused-ring (bicyclic) bond motifs is 3. The first kappa shape index (κ1) is 22.0. The molecule has 31 heavy (non-hydrogen) atoms. The van der Waals surface area contributed by atoms with Crippen LogP contribution < -0.4 is 16.0 Å². The van der Waals surface area contributed by atoms with Crippen molar-refractivity contribution in [2.75, 3.05) is 33.0 Å². The van der Waals surface area contributed by atoms with E-state index in [1.807, 2.05) is 48.5 Å². The Kier molecular flexibility index (Phi) is 7.72. The molecule has 0 heterocycles. The van der Waals surface area contributed by atoms with Crippen LogP contribution in [0.15, 0.2) is 48.5 Å². The topological polar surface area (TPSA) is 123 Å². The van der Waals surface area contributed by atoms with Gasteiger partial charge in [-0.1, -0.05) is 48.5 Å². The van der Waals surface area contributed by atoms with Gasteiger partial charge in [0.2, 0.25) is 11.8 Å². The first-order chi connectivity index (χ1) is 15.1. The molecule has 1 aliphatic carbocycles. The monoisotopic (exact) mass is 425 g/mol. The summed E-state index contributed by atoms with van der Waals surface area (Å²) in [4.78, 5) is 45.1. The Morgan fingerprint density at radius 2 is 1.52 bits per heavy atom. The number of hydrogen-bond donors (Lipinski definition) is 3. The molecule has 3 amide bonds. The summed E-state index contributed by atoms with van der Waals surface area (Å²) in [6, 6.07) is 16.0. The van der Waals surface area contributed by atoms with Crippen molar-refractivity contribution in [1.29, 1.82) is 0 Å². The van der Waals surface area contributed by atoms with Gasteiger partial charge in [-0.3, -0.25) is 9.59 Å². The highest BCUT2D eigenvalue weighted by Crippen LogP contribution is 2.44. The van der Waals surface area contributed by atoms with E-state index in [1.165, 1.54) is 0 Å². The average molecular weight is 425 g/mol. The van der Waals surface area contributed by atoms with Crippen molar-refractivity contribution in [1.82, 2.24) is 16.0 Å². The molecule has 0 saturated carbocycles. The smallest absolute Gasteiger partial charge is 0.407 e. The fourth-order valence-electron chi connectivity index (χ4n) is 3.35. The van der Waals surface area contributed by atoms with Gasteiger partial charge in [0.15, 0.2) is 0 Å². The van der Waals surface area contributed by atoms with E-state index >= 15 is 0 Å². The largest absolute Gasteiger partial charge is 0.449 e. The number of alkyl carbamates (subject to hydrolysis) is 1. The molecular weight excluding hydrogens is 402 g/mol. The van der Waals surface area contributed by atoms with Crippen LogP contribution in [0.5, 0.6) is 0 Å². The highest BCUT2D eigenvalue weighted by atomic mass is 16.5. The fourth-order valence-corrected chi connectivity index (χ4v) is 3.35. The van der Waals surface area contributed by atoms with Crippen LogP contribution in [0, 0.1) is 0 Å². The Morgan fingerprint density at radius 1 is 0.871 bits per heavy atom. The third kappa shape index (κ3) is 5.89. The predicted octanol–water partition coefficient (Wildman–Crippen LogP) is 0.931. The number of carbonyl (C=O) groups is 4. The van der Waals surface area contributed by atoms with Gasteiger partial charge in [-0.2, -0.15) is 0 Å². The molecule has 0 unspecified atom stereocenters. The molecule has 0 fully saturated rings. The second-order valence-electron chi connectivity index (χ2n) is 6.74. The van der Waals surface area contributed by atoms with Crippen molar-refractivity contribution in [2.45, 2.75) is 5.92 Å². The summed E-state index contributed by atoms with van der Waals surface area (Å²) < 4.78 is 10.3. The Labute approximate surface area is 179 Å². The lowest BCUT2D eigenvalue weighted by Crippen LogP contribution is -2.39. The van der Waals surface area contributed by atoms with E-state index in [0.29, 0.717) is 6.29 Å². The number of hydrogen-bond acceptors (Lipinski definition) is 6. The number of rotatable bonds is 10. The lowest BCUT2D eigenvalue weighted by atomic mass is 9.98. The Bertz CT molecular complexity index is 916. The van der Waals surface area contributed by atoms with E-state index in [2.05, 4.69) is 16.0 Å². The number of amides is 3. The normalized spacial score (nSPS) is 11.7. The Balaban J connectivity index is 1.39. The highest BCUT2D eigenvalue weighted by molar-refractivity contribution is 5.82. The number of carbonyl (C=O) groups excluding carboxylic acids is 4. The Hall–Kier alpha value is -3.72. The number of ether oxygens (including phenoxy) is 2. The van der Waals surface area contributed by atoms with Crippen LogP contribution in [0.3, 0.4) is 0 Å². The second-order valence-corrected chi connectivity index (χ2v) is 6.74. The van der Waals surface area contributed by atoms with Gasteiger partial charge >= 0.3 is 6.09 Å². The first-order valence-electron chi connectivity index (χ1n) is 9.73. The van der Waals surface area contributed by atoms with Gasteiger partial charge in [0.25, 0.3) is 0 Å². The van der Waals surface area contributed by atoms with Crippen LogP contribution >= 0.6 is 0 Å². The second kappa shape index (κ2) is 10.9. The van der Waals surface area contributed by atoms with E-state index < -0.39 is 17.9 Å². The zero-order valence-corrected chi connectivity index (χ0v) is 16.8. The quantitative estimate of drug-likeness (QED) is 0.296. The van der Waals surface area contributed by atoms with Gasteiger partial charge in [-0.25, -0.2) is 4.79 Å². The van der Waals surface area contributed by atoms with Gasteiger partial charge in [-0.15, -0.1) is 0 Å². The van der Waals surface area contributed by atoms with E-state index in [0.717, 1.165) is 22.3 Å². The molecule has 9 nitrogen and oxygen atoms in total. The third-order valence-electron chi connectivity index (χ3n) is 4.72. The van der Waals surface area contributed by atoms with Crippen molar-refractivity contribution in [2.24, 2.45) is 0 Å². The molecule has 0 saturated heterocycles. The van der Waals surface area contributed by atoms with Crippen molar-refractivity contribution in [3.8, 4) is 11.1 Å². The van der Waals surface area contributed by atoms with Crippen molar-refractivity contribution in [3.05, 3.63) is 59.7 Å². The summed E-state index contributed by atoms with van der Waals surface area (Å²) in [6.07, 6.45) is -0.152. The highest BCUT2D eigenvalue weighted by Gasteiger charge is 2.28.